The van der Waals surface area contributed by atoms with Crippen LogP contribution in [0, 0.1) is 0 Å². The van der Waals surface area contributed by atoms with Gasteiger partial charge in [-0.3, -0.25) is 19.4 Å². The highest BCUT2D eigenvalue weighted by Crippen LogP contribution is 2.32. The number of hydrogen-bond acceptors (Lipinski definition) is 10. The summed E-state index contributed by atoms with van der Waals surface area (Å²) in [4.78, 5) is 54.6. The third-order valence-electron chi connectivity index (χ3n) is 10.6. The number of nitrogen functional groups attached to an aromatic ring is 2. The van der Waals surface area contributed by atoms with Crippen molar-refractivity contribution >= 4 is 62.9 Å². The molecule has 4 aromatic carbocycles. The predicted octanol–water partition coefficient (Wildman–Crippen LogP) is 10.2. The van der Waals surface area contributed by atoms with Crippen molar-refractivity contribution in [2.24, 2.45) is 0 Å². The smallest absolute Gasteiger partial charge is 0.410 e. The third kappa shape index (κ3) is 10.6. The van der Waals surface area contributed by atoms with E-state index >= 15 is 0 Å². The summed E-state index contributed by atoms with van der Waals surface area (Å²) in [6, 6.07) is 29.1. The summed E-state index contributed by atoms with van der Waals surface area (Å²) in [7, 11) is 0. The Bertz CT molecular complexity index is 2580. The Hall–Kier alpha value is -6.76. The number of benzene rings is 4. The highest BCUT2D eigenvalue weighted by molar-refractivity contribution is 5.97. The molecule has 62 heavy (non-hydrogen) atoms. The minimum Gasteiger partial charge on any atom is -0.456 e. The van der Waals surface area contributed by atoms with E-state index < -0.39 is 35.5 Å². The maximum absolute atomic E-state index is 13.2. The Morgan fingerprint density at radius 1 is 0.629 bits per heavy atom. The summed E-state index contributed by atoms with van der Waals surface area (Å²) in [5.74, 6) is 1.23. The van der Waals surface area contributed by atoms with Crippen LogP contribution in [0.1, 0.15) is 72.8 Å². The number of likely N-dealkylation sites (tertiary alicyclic amines) is 2. The highest BCUT2D eigenvalue weighted by atomic mass is 16.6. The fourth-order valence-corrected chi connectivity index (χ4v) is 7.68. The number of nitrogens with two attached hydrogens (primary N) is 2. The Morgan fingerprint density at radius 3 is 1.68 bits per heavy atom. The first-order chi connectivity index (χ1) is 29.4. The molecule has 2 fully saturated rings. The van der Waals surface area contributed by atoms with Crippen LogP contribution in [0.25, 0.3) is 44.6 Å². The molecule has 6 aromatic rings. The number of amides is 3. The van der Waals surface area contributed by atoms with Gasteiger partial charge in [-0.2, -0.15) is 0 Å². The molecule has 324 valence electrons. The Labute approximate surface area is 361 Å². The van der Waals surface area contributed by atoms with Crippen LogP contribution in [0.2, 0.25) is 0 Å². The van der Waals surface area contributed by atoms with Crippen LogP contribution in [-0.4, -0.2) is 70.1 Å². The largest absolute Gasteiger partial charge is 0.456 e. The standard InChI is InChI=1S/C35H43N3O7.C14H12N2O/c1-34(2,3)44-32(41)37-17-7-9-26(37)28(39)20-22-11-16-29-24(19-22)21-30(43-29)23-12-14-25(15-13-23)36-31(40)27-10-8-18-38(27)33(42)45-35(4,5)6;15-11-3-1-9(2-4-11)14-8-10-7-12(16)5-6-13(10)17-14/h11-16,19,21,26-27H,7-10,17-18,20H2,1-6H3,(H,36,40);1-8H,15-16H2/t26-,27-;/m0./s1. The molecule has 0 bridgehead atoms. The van der Waals surface area contributed by atoms with Crippen LogP contribution in [0.3, 0.4) is 0 Å². The minimum absolute atomic E-state index is 0.00844. The molecule has 0 radical (unpaired) electrons. The molecule has 3 amide bonds. The van der Waals surface area contributed by atoms with Crippen molar-refractivity contribution in [3.8, 4) is 22.6 Å². The number of fused-ring (bicyclic) bond motifs is 2. The molecule has 4 heterocycles. The van der Waals surface area contributed by atoms with Crippen molar-refractivity contribution in [3.05, 3.63) is 103 Å². The Morgan fingerprint density at radius 2 is 1.11 bits per heavy atom. The summed E-state index contributed by atoms with van der Waals surface area (Å²) in [5.41, 5.74) is 16.5. The number of Topliss-reactive ketones (excluding diaryl/α,β-unsaturated/α-hetero) is 1. The number of ether oxygens (including phenoxy) is 2. The van der Waals surface area contributed by atoms with Crippen molar-refractivity contribution < 1.29 is 37.5 Å². The number of furan rings is 2. The quantitative estimate of drug-likeness (QED) is 0.131. The lowest BCUT2D eigenvalue weighted by Gasteiger charge is -2.28. The molecule has 0 spiro atoms. The fraction of sp³-hybridized carbons (Fsp3) is 0.347. The second-order valence-electron chi connectivity index (χ2n) is 17.9. The normalized spacial score (nSPS) is 16.5. The molecule has 2 atom stereocenters. The Kier molecular flexibility index (Phi) is 12.4. The number of anilines is 3. The molecule has 2 aliphatic heterocycles. The lowest BCUT2D eigenvalue weighted by molar-refractivity contribution is -0.122. The van der Waals surface area contributed by atoms with Gasteiger partial charge in [0, 0.05) is 58.5 Å². The first-order valence-corrected chi connectivity index (χ1v) is 21.0. The summed E-state index contributed by atoms with van der Waals surface area (Å²) >= 11 is 0. The topological polar surface area (TPSA) is 184 Å². The molecule has 2 aliphatic rings. The van der Waals surface area contributed by atoms with Gasteiger partial charge in [-0.1, -0.05) is 6.07 Å². The van der Waals surface area contributed by atoms with Gasteiger partial charge in [0.2, 0.25) is 5.91 Å². The van der Waals surface area contributed by atoms with E-state index in [9.17, 15) is 19.2 Å². The van der Waals surface area contributed by atoms with Gasteiger partial charge in [-0.05, 0) is 164 Å². The monoisotopic (exact) mass is 841 g/mol. The predicted molar refractivity (Wildman–Crippen MR) is 241 cm³/mol. The van der Waals surface area contributed by atoms with Crippen molar-refractivity contribution in [2.75, 3.05) is 29.9 Å². The lowest BCUT2D eigenvalue weighted by Crippen LogP contribution is -2.45. The van der Waals surface area contributed by atoms with Crippen LogP contribution in [0.5, 0.6) is 0 Å². The third-order valence-corrected chi connectivity index (χ3v) is 10.6. The van der Waals surface area contributed by atoms with Gasteiger partial charge >= 0.3 is 12.2 Å². The molecule has 0 aliphatic carbocycles. The maximum atomic E-state index is 13.2. The van der Waals surface area contributed by atoms with Gasteiger partial charge in [-0.25, -0.2) is 9.59 Å². The average molecular weight is 842 g/mol. The van der Waals surface area contributed by atoms with Crippen LogP contribution in [0.4, 0.5) is 26.7 Å². The van der Waals surface area contributed by atoms with Crippen molar-refractivity contribution in [3.63, 3.8) is 0 Å². The number of rotatable bonds is 7. The molecule has 13 heteroatoms. The number of ketones is 1. The van der Waals surface area contributed by atoms with Gasteiger partial charge < -0.3 is 35.1 Å². The summed E-state index contributed by atoms with van der Waals surface area (Å²) in [6.45, 7) is 11.9. The van der Waals surface area contributed by atoms with E-state index in [0.717, 1.165) is 63.0 Å². The maximum Gasteiger partial charge on any atom is 0.410 e. The van der Waals surface area contributed by atoms with Crippen LogP contribution >= 0.6 is 0 Å². The van der Waals surface area contributed by atoms with E-state index in [1.165, 1.54) is 4.90 Å². The van der Waals surface area contributed by atoms with Crippen LogP contribution in [0.15, 0.2) is 106 Å². The number of carbonyl (C=O) groups excluding carboxylic acids is 4. The molecule has 2 aromatic heterocycles. The van der Waals surface area contributed by atoms with Crippen LogP contribution < -0.4 is 16.8 Å². The zero-order valence-corrected chi connectivity index (χ0v) is 36.2. The van der Waals surface area contributed by atoms with Crippen LogP contribution in [-0.2, 0) is 25.5 Å². The molecule has 0 unspecified atom stereocenters. The lowest BCUT2D eigenvalue weighted by atomic mass is 10.0. The summed E-state index contributed by atoms with van der Waals surface area (Å²) in [5, 5.41) is 4.80. The van der Waals surface area contributed by atoms with E-state index in [-0.39, 0.29) is 18.1 Å². The summed E-state index contributed by atoms with van der Waals surface area (Å²) in [6.07, 6.45) is 2.01. The molecule has 8 rings (SSSR count). The first kappa shape index (κ1) is 43.3. The zero-order chi connectivity index (χ0) is 44.3. The number of nitrogens with zero attached hydrogens (tertiary/aromatic N) is 2. The fourth-order valence-electron chi connectivity index (χ4n) is 7.68. The number of hydrogen-bond donors (Lipinski definition) is 3. The second kappa shape index (κ2) is 17.7. The highest BCUT2D eigenvalue weighted by Gasteiger charge is 2.38. The average Bonchev–Trinajstić information content (AvgIpc) is 4.03. The van der Waals surface area contributed by atoms with Gasteiger partial charge in [-0.15, -0.1) is 0 Å². The van der Waals surface area contributed by atoms with Gasteiger partial charge in [0.15, 0.2) is 5.78 Å². The van der Waals surface area contributed by atoms with Gasteiger partial charge in [0.1, 0.15) is 39.9 Å². The second-order valence-corrected chi connectivity index (χ2v) is 17.9. The molecular weight excluding hydrogens is 787 g/mol. The zero-order valence-electron chi connectivity index (χ0n) is 36.2. The molecule has 5 N–H and O–H groups in total. The minimum atomic E-state index is -0.632. The van der Waals surface area contributed by atoms with Crippen molar-refractivity contribution in [1.82, 2.24) is 9.80 Å². The Balaban J connectivity index is 0.000000281. The van der Waals surface area contributed by atoms with E-state index in [0.29, 0.717) is 43.0 Å². The van der Waals surface area contributed by atoms with E-state index in [2.05, 4.69) is 5.32 Å². The SMILES string of the molecule is CC(C)(C)OC(=O)N1CCC[C@H]1C(=O)Cc1ccc2oc(-c3ccc(NC(=O)[C@@H]4CCCN4C(=O)OC(C)(C)C)cc3)cc2c1.Nc1ccc(-c2cc3cc(N)ccc3o2)cc1. The molecule has 13 nitrogen and oxygen atoms in total. The van der Waals surface area contributed by atoms with Crippen molar-refractivity contribution in [2.45, 2.75) is 96.9 Å². The van der Waals surface area contributed by atoms with Crippen molar-refractivity contribution in [1.29, 1.82) is 0 Å². The summed E-state index contributed by atoms with van der Waals surface area (Å²) < 4.78 is 22.8. The molecule has 2 saturated heterocycles. The van der Waals surface area contributed by atoms with E-state index in [4.69, 9.17) is 29.8 Å². The van der Waals surface area contributed by atoms with Gasteiger partial charge in [0.25, 0.3) is 0 Å². The number of nitrogens with one attached hydrogen (secondary N) is 1. The first-order valence-electron chi connectivity index (χ1n) is 21.0. The number of carbonyl (C=O) groups is 4. The van der Waals surface area contributed by atoms with Gasteiger partial charge in [0.05, 0.1) is 6.04 Å². The van der Waals surface area contributed by atoms with E-state index in [1.54, 1.807) is 37.8 Å². The molecular formula is C49H55N5O8. The van der Waals surface area contributed by atoms with E-state index in [1.807, 2.05) is 106 Å². The molecule has 0 saturated carbocycles.